The number of hydrogen-bond donors (Lipinski definition) is 1. The van der Waals surface area contributed by atoms with Gasteiger partial charge in [0.15, 0.2) is 6.61 Å². The Morgan fingerprint density at radius 2 is 1.67 bits per heavy atom. The number of likely N-dealkylation sites (N-methyl/N-ethyl adjacent to an activating group) is 1. The van der Waals surface area contributed by atoms with Crippen LogP contribution >= 0.6 is 23.2 Å². The van der Waals surface area contributed by atoms with Gasteiger partial charge in [0.25, 0.3) is 5.91 Å². The molecule has 0 aliphatic rings. The molecule has 0 aliphatic heterocycles. The van der Waals surface area contributed by atoms with Crippen molar-refractivity contribution in [2.45, 2.75) is 19.8 Å². The second-order valence-corrected chi connectivity index (χ2v) is 7.22. The predicted octanol–water partition coefficient (Wildman–Crippen LogP) is 4.59. The molecule has 1 N–H and O–H groups in total. The molecule has 2 aromatic carbocycles. The maximum absolute atomic E-state index is 12.2. The first-order chi connectivity index (χ1) is 12.8. The molecule has 0 aliphatic carbocycles. The van der Waals surface area contributed by atoms with Gasteiger partial charge in [0.05, 0.1) is 22.3 Å². The van der Waals surface area contributed by atoms with Crippen molar-refractivity contribution in [1.82, 2.24) is 4.90 Å². The Bertz CT molecular complexity index is 787. The molecule has 0 heterocycles. The van der Waals surface area contributed by atoms with Gasteiger partial charge in [-0.25, -0.2) is 0 Å². The minimum absolute atomic E-state index is 0.143. The summed E-state index contributed by atoms with van der Waals surface area (Å²) < 4.78 is 5.50. The number of nitrogens with zero attached hydrogens (tertiary/aromatic N) is 1. The van der Waals surface area contributed by atoms with E-state index in [0.717, 1.165) is 0 Å². The molecule has 27 heavy (non-hydrogen) atoms. The van der Waals surface area contributed by atoms with Crippen molar-refractivity contribution < 1.29 is 14.3 Å². The smallest absolute Gasteiger partial charge is 0.260 e. The summed E-state index contributed by atoms with van der Waals surface area (Å²) in [4.78, 5) is 25.6. The van der Waals surface area contributed by atoms with Crippen molar-refractivity contribution in [3.8, 4) is 5.75 Å². The molecular weight excluding hydrogens is 387 g/mol. The van der Waals surface area contributed by atoms with Crippen LogP contribution in [0.25, 0.3) is 0 Å². The topological polar surface area (TPSA) is 58.6 Å². The van der Waals surface area contributed by atoms with Crippen molar-refractivity contribution in [2.24, 2.45) is 0 Å². The highest BCUT2D eigenvalue weighted by Gasteiger charge is 2.16. The van der Waals surface area contributed by atoms with Gasteiger partial charge in [0, 0.05) is 7.05 Å². The number of rotatable bonds is 7. The number of amides is 2. The molecule has 7 heteroatoms. The van der Waals surface area contributed by atoms with E-state index in [1.807, 2.05) is 24.3 Å². The SMILES string of the molecule is CC(C)c1ccc(OCC(=O)N(C)CC(=O)Nc2c(Cl)cccc2Cl)cc1. The summed E-state index contributed by atoms with van der Waals surface area (Å²) in [6.07, 6.45) is 0. The summed E-state index contributed by atoms with van der Waals surface area (Å²) in [5, 5.41) is 3.28. The second kappa shape index (κ2) is 9.62. The van der Waals surface area contributed by atoms with E-state index in [9.17, 15) is 9.59 Å². The van der Waals surface area contributed by atoms with Gasteiger partial charge in [-0.3, -0.25) is 9.59 Å². The summed E-state index contributed by atoms with van der Waals surface area (Å²) in [7, 11) is 1.53. The van der Waals surface area contributed by atoms with Crippen molar-refractivity contribution in [3.05, 3.63) is 58.1 Å². The molecule has 0 atom stereocenters. The number of anilines is 1. The minimum Gasteiger partial charge on any atom is -0.484 e. The van der Waals surface area contributed by atoms with Crippen LogP contribution in [0.3, 0.4) is 0 Å². The standard InChI is InChI=1S/C20H22Cl2N2O3/c1-13(2)14-7-9-15(10-8-14)27-12-19(26)24(3)11-18(25)23-20-16(21)5-4-6-17(20)22/h4-10,13H,11-12H2,1-3H3,(H,23,25). The van der Waals surface area contributed by atoms with Crippen molar-refractivity contribution in [3.63, 3.8) is 0 Å². The second-order valence-electron chi connectivity index (χ2n) is 6.41. The van der Waals surface area contributed by atoms with Gasteiger partial charge in [0.1, 0.15) is 5.75 Å². The quantitative estimate of drug-likeness (QED) is 0.728. The predicted molar refractivity (Wildman–Crippen MR) is 109 cm³/mol. The zero-order valence-corrected chi connectivity index (χ0v) is 17.0. The van der Waals surface area contributed by atoms with E-state index in [1.165, 1.54) is 17.5 Å². The first-order valence-corrected chi connectivity index (χ1v) is 9.24. The number of hydrogen-bond acceptors (Lipinski definition) is 3. The molecule has 0 unspecified atom stereocenters. The molecule has 0 spiro atoms. The van der Waals surface area contributed by atoms with Crippen LogP contribution in [-0.4, -0.2) is 36.9 Å². The minimum atomic E-state index is -0.401. The molecule has 0 aromatic heterocycles. The maximum atomic E-state index is 12.2. The summed E-state index contributed by atoms with van der Waals surface area (Å²) >= 11 is 12.0. The van der Waals surface area contributed by atoms with Crippen molar-refractivity contribution in [2.75, 3.05) is 25.5 Å². The van der Waals surface area contributed by atoms with E-state index in [4.69, 9.17) is 27.9 Å². The molecule has 0 saturated heterocycles. The third-order valence-electron chi connectivity index (χ3n) is 3.94. The van der Waals surface area contributed by atoms with Gasteiger partial charge in [0.2, 0.25) is 5.91 Å². The van der Waals surface area contributed by atoms with Gasteiger partial charge in [-0.05, 0) is 35.7 Å². The summed E-state index contributed by atoms with van der Waals surface area (Å²) in [6, 6.07) is 12.5. The Hall–Kier alpha value is -2.24. The summed E-state index contributed by atoms with van der Waals surface area (Å²) in [5.74, 6) is 0.316. The Balaban J connectivity index is 1.85. The average Bonchev–Trinajstić information content (AvgIpc) is 2.63. The van der Waals surface area contributed by atoms with Crippen LogP contribution < -0.4 is 10.1 Å². The van der Waals surface area contributed by atoms with Gasteiger partial charge in [-0.1, -0.05) is 55.2 Å². The lowest BCUT2D eigenvalue weighted by Crippen LogP contribution is -2.37. The van der Waals surface area contributed by atoms with Crippen LogP contribution in [0.4, 0.5) is 5.69 Å². The molecule has 0 saturated carbocycles. The van der Waals surface area contributed by atoms with Gasteiger partial charge in [-0.2, -0.15) is 0 Å². The molecular formula is C20H22Cl2N2O3. The molecule has 0 bridgehead atoms. The third kappa shape index (κ3) is 6.15. The van der Waals surface area contributed by atoms with E-state index >= 15 is 0 Å². The fourth-order valence-corrected chi connectivity index (χ4v) is 2.80. The molecule has 2 aromatic rings. The first-order valence-electron chi connectivity index (χ1n) is 8.48. The number of benzene rings is 2. The number of para-hydroxylation sites is 1. The number of nitrogens with one attached hydrogen (secondary N) is 1. The molecule has 2 rings (SSSR count). The van der Waals surface area contributed by atoms with Crippen molar-refractivity contribution >= 4 is 40.7 Å². The Morgan fingerprint density at radius 3 is 2.22 bits per heavy atom. The lowest BCUT2D eigenvalue weighted by Gasteiger charge is -2.18. The Kier molecular flexibility index (Phi) is 7.51. The molecule has 144 valence electrons. The number of carbonyl (C=O) groups is 2. The molecule has 2 amide bonds. The Morgan fingerprint density at radius 1 is 1.07 bits per heavy atom. The third-order valence-corrected chi connectivity index (χ3v) is 4.57. The van der Waals surface area contributed by atoms with Crippen LogP contribution in [-0.2, 0) is 9.59 Å². The lowest BCUT2D eigenvalue weighted by atomic mass is 10.0. The van der Waals surface area contributed by atoms with E-state index in [0.29, 0.717) is 27.4 Å². The van der Waals surface area contributed by atoms with Crippen LogP contribution in [0.15, 0.2) is 42.5 Å². The normalized spacial score (nSPS) is 10.6. The lowest BCUT2D eigenvalue weighted by molar-refractivity contribution is -0.135. The zero-order valence-electron chi connectivity index (χ0n) is 15.5. The monoisotopic (exact) mass is 408 g/mol. The van der Waals surface area contributed by atoms with Gasteiger partial charge in [-0.15, -0.1) is 0 Å². The highest BCUT2D eigenvalue weighted by molar-refractivity contribution is 6.39. The van der Waals surface area contributed by atoms with Crippen LogP contribution in [0.2, 0.25) is 10.0 Å². The van der Waals surface area contributed by atoms with Crippen LogP contribution in [0, 0.1) is 0 Å². The zero-order chi connectivity index (χ0) is 20.0. The summed E-state index contributed by atoms with van der Waals surface area (Å²) in [5.41, 5.74) is 1.52. The average molecular weight is 409 g/mol. The van der Waals surface area contributed by atoms with E-state index in [-0.39, 0.29) is 19.1 Å². The van der Waals surface area contributed by atoms with Crippen LogP contribution in [0.5, 0.6) is 5.75 Å². The largest absolute Gasteiger partial charge is 0.484 e. The maximum Gasteiger partial charge on any atom is 0.260 e. The number of halogens is 2. The first kappa shape index (κ1) is 21.1. The van der Waals surface area contributed by atoms with Gasteiger partial charge >= 0.3 is 0 Å². The van der Waals surface area contributed by atoms with Crippen molar-refractivity contribution in [1.29, 1.82) is 0 Å². The Labute approximate surface area is 169 Å². The van der Waals surface area contributed by atoms with Crippen LogP contribution in [0.1, 0.15) is 25.3 Å². The highest BCUT2D eigenvalue weighted by atomic mass is 35.5. The molecule has 0 fully saturated rings. The molecule has 5 nitrogen and oxygen atoms in total. The molecule has 0 radical (unpaired) electrons. The fourth-order valence-electron chi connectivity index (χ4n) is 2.30. The number of carbonyl (C=O) groups excluding carboxylic acids is 2. The van der Waals surface area contributed by atoms with E-state index in [2.05, 4.69) is 19.2 Å². The van der Waals surface area contributed by atoms with E-state index in [1.54, 1.807) is 18.2 Å². The highest BCUT2D eigenvalue weighted by Crippen LogP contribution is 2.29. The van der Waals surface area contributed by atoms with Gasteiger partial charge < -0.3 is 15.0 Å². The fraction of sp³-hybridized carbons (Fsp3) is 0.300. The van der Waals surface area contributed by atoms with E-state index < -0.39 is 5.91 Å². The summed E-state index contributed by atoms with van der Waals surface area (Å²) in [6.45, 7) is 3.91. The number of ether oxygens (including phenoxy) is 1.